The molecule has 2 rings (SSSR count). The van der Waals surface area contributed by atoms with E-state index in [1.807, 2.05) is 25.4 Å². The number of nitrogens with one attached hydrogen (secondary N) is 1. The van der Waals surface area contributed by atoms with Crippen molar-refractivity contribution in [3.63, 3.8) is 0 Å². The number of thiazole rings is 1. The number of aryl methyl sites for hydroxylation is 1. The first-order valence-electron chi connectivity index (χ1n) is 5.32. The van der Waals surface area contributed by atoms with Crippen molar-refractivity contribution in [2.45, 2.75) is 13.3 Å². The van der Waals surface area contributed by atoms with E-state index in [1.54, 1.807) is 17.5 Å². The van der Waals surface area contributed by atoms with E-state index in [2.05, 4.69) is 22.2 Å². The lowest BCUT2D eigenvalue weighted by Gasteiger charge is -1.95. The third kappa shape index (κ3) is 2.46. The van der Waals surface area contributed by atoms with Crippen LogP contribution in [0.5, 0.6) is 0 Å². The summed E-state index contributed by atoms with van der Waals surface area (Å²) >= 11 is 1.76. The fourth-order valence-electron chi connectivity index (χ4n) is 1.51. The van der Waals surface area contributed by atoms with Crippen LogP contribution in [0.3, 0.4) is 0 Å². The van der Waals surface area contributed by atoms with Crippen molar-refractivity contribution < 1.29 is 0 Å². The first-order chi connectivity index (χ1) is 7.81. The Morgan fingerprint density at radius 3 is 3.00 bits per heavy atom. The molecular weight excluding hydrogens is 218 g/mol. The van der Waals surface area contributed by atoms with Crippen molar-refractivity contribution in [1.82, 2.24) is 15.3 Å². The summed E-state index contributed by atoms with van der Waals surface area (Å²) in [6.07, 6.45) is 4.69. The Labute approximate surface area is 99.6 Å². The molecule has 0 spiro atoms. The van der Waals surface area contributed by atoms with Gasteiger partial charge in [-0.05, 0) is 39.1 Å². The molecule has 0 unspecified atom stereocenters. The van der Waals surface area contributed by atoms with Crippen LogP contribution in [-0.2, 0) is 6.42 Å². The molecule has 0 bridgehead atoms. The maximum Gasteiger partial charge on any atom is 0.125 e. The van der Waals surface area contributed by atoms with Crippen molar-refractivity contribution in [2.75, 3.05) is 13.6 Å². The molecule has 0 fully saturated rings. The van der Waals surface area contributed by atoms with Crippen LogP contribution >= 0.6 is 11.3 Å². The molecule has 2 aromatic rings. The molecule has 2 aromatic heterocycles. The summed E-state index contributed by atoms with van der Waals surface area (Å²) < 4.78 is 0. The Morgan fingerprint density at radius 1 is 1.44 bits per heavy atom. The van der Waals surface area contributed by atoms with E-state index in [1.165, 1.54) is 4.88 Å². The average molecular weight is 233 g/mol. The first-order valence-corrected chi connectivity index (χ1v) is 6.14. The minimum atomic E-state index is 0.996. The van der Waals surface area contributed by atoms with Gasteiger partial charge in [-0.1, -0.05) is 0 Å². The lowest BCUT2D eigenvalue weighted by molar-refractivity contribution is 0.795. The maximum absolute atomic E-state index is 4.58. The monoisotopic (exact) mass is 233 g/mol. The molecule has 0 atom stereocenters. The fourth-order valence-corrected chi connectivity index (χ4v) is 2.56. The average Bonchev–Trinajstić information content (AvgIpc) is 2.69. The molecule has 0 amide bonds. The highest BCUT2D eigenvalue weighted by Crippen LogP contribution is 2.27. The van der Waals surface area contributed by atoms with Gasteiger partial charge in [-0.25, -0.2) is 4.98 Å². The minimum absolute atomic E-state index is 0.996. The van der Waals surface area contributed by atoms with E-state index < -0.39 is 0 Å². The molecule has 0 saturated heterocycles. The van der Waals surface area contributed by atoms with Gasteiger partial charge in [0.15, 0.2) is 0 Å². The van der Waals surface area contributed by atoms with Crippen LogP contribution in [0.2, 0.25) is 0 Å². The van der Waals surface area contributed by atoms with E-state index in [-0.39, 0.29) is 0 Å². The number of nitrogens with zero attached hydrogens (tertiary/aromatic N) is 2. The van der Waals surface area contributed by atoms with Crippen LogP contribution in [0.15, 0.2) is 24.5 Å². The summed E-state index contributed by atoms with van der Waals surface area (Å²) in [5.74, 6) is 0. The molecule has 2 heterocycles. The molecule has 4 heteroatoms. The molecule has 0 aliphatic rings. The number of hydrogen-bond donors (Lipinski definition) is 1. The van der Waals surface area contributed by atoms with E-state index in [9.17, 15) is 0 Å². The standard InChI is InChI=1S/C12H15N3S/c1-9-11(5-7-13-2)16-12(15-9)10-4-3-6-14-8-10/h3-4,6,8,13H,5,7H2,1-2H3. The van der Waals surface area contributed by atoms with Gasteiger partial charge < -0.3 is 5.32 Å². The van der Waals surface area contributed by atoms with E-state index in [0.29, 0.717) is 0 Å². The largest absolute Gasteiger partial charge is 0.319 e. The van der Waals surface area contributed by atoms with Crippen molar-refractivity contribution in [3.8, 4) is 10.6 Å². The van der Waals surface area contributed by atoms with Crippen LogP contribution < -0.4 is 5.32 Å². The topological polar surface area (TPSA) is 37.8 Å². The van der Waals surface area contributed by atoms with Crippen LogP contribution in [0.4, 0.5) is 0 Å². The van der Waals surface area contributed by atoms with E-state index >= 15 is 0 Å². The van der Waals surface area contributed by atoms with Crippen molar-refractivity contribution in [3.05, 3.63) is 35.1 Å². The van der Waals surface area contributed by atoms with Gasteiger partial charge in [0.05, 0.1) is 5.69 Å². The van der Waals surface area contributed by atoms with Gasteiger partial charge in [0, 0.05) is 22.8 Å². The zero-order valence-corrected chi connectivity index (χ0v) is 10.3. The summed E-state index contributed by atoms with van der Waals surface area (Å²) in [5.41, 5.74) is 2.24. The highest BCUT2D eigenvalue weighted by molar-refractivity contribution is 7.15. The lowest BCUT2D eigenvalue weighted by atomic mass is 10.3. The zero-order valence-electron chi connectivity index (χ0n) is 9.53. The van der Waals surface area contributed by atoms with Gasteiger partial charge >= 0.3 is 0 Å². The summed E-state index contributed by atoms with van der Waals surface area (Å²) in [7, 11) is 1.97. The fraction of sp³-hybridized carbons (Fsp3) is 0.333. The van der Waals surface area contributed by atoms with Gasteiger partial charge in [-0.2, -0.15) is 0 Å². The number of hydrogen-bond acceptors (Lipinski definition) is 4. The Bertz CT molecular complexity index is 451. The van der Waals surface area contributed by atoms with Gasteiger partial charge in [-0.3, -0.25) is 4.98 Å². The number of aromatic nitrogens is 2. The number of likely N-dealkylation sites (N-methyl/N-ethyl adjacent to an activating group) is 1. The van der Waals surface area contributed by atoms with E-state index in [4.69, 9.17) is 0 Å². The third-order valence-corrected chi connectivity index (χ3v) is 3.67. The molecular formula is C12H15N3S. The van der Waals surface area contributed by atoms with Gasteiger partial charge in [0.1, 0.15) is 5.01 Å². The Hall–Kier alpha value is -1.26. The highest BCUT2D eigenvalue weighted by atomic mass is 32.1. The summed E-state index contributed by atoms with van der Waals surface area (Å²) in [6, 6.07) is 3.99. The first kappa shape index (κ1) is 11.2. The molecule has 0 saturated carbocycles. The smallest absolute Gasteiger partial charge is 0.125 e. The number of rotatable bonds is 4. The molecule has 0 aliphatic heterocycles. The molecule has 3 nitrogen and oxygen atoms in total. The molecule has 1 N–H and O–H groups in total. The molecule has 0 aromatic carbocycles. The molecule has 84 valence electrons. The second kappa shape index (κ2) is 5.18. The zero-order chi connectivity index (χ0) is 11.4. The highest BCUT2D eigenvalue weighted by Gasteiger charge is 2.08. The van der Waals surface area contributed by atoms with Crippen LogP contribution in [0.25, 0.3) is 10.6 Å². The van der Waals surface area contributed by atoms with Crippen molar-refractivity contribution in [1.29, 1.82) is 0 Å². The normalized spacial score (nSPS) is 10.6. The summed E-state index contributed by atoms with van der Waals surface area (Å²) in [6.45, 7) is 3.07. The maximum atomic E-state index is 4.58. The predicted molar refractivity (Wildman–Crippen MR) is 67.7 cm³/mol. The SMILES string of the molecule is CNCCc1sc(-c2cccnc2)nc1C. The molecule has 0 aliphatic carbocycles. The summed E-state index contributed by atoms with van der Waals surface area (Å²) in [4.78, 5) is 10.1. The van der Waals surface area contributed by atoms with Gasteiger partial charge in [0.2, 0.25) is 0 Å². The van der Waals surface area contributed by atoms with Crippen LogP contribution in [-0.4, -0.2) is 23.6 Å². The van der Waals surface area contributed by atoms with Gasteiger partial charge in [-0.15, -0.1) is 11.3 Å². The summed E-state index contributed by atoms with van der Waals surface area (Å²) in [5, 5.41) is 4.23. The third-order valence-electron chi connectivity index (χ3n) is 2.40. The lowest BCUT2D eigenvalue weighted by Crippen LogP contribution is -2.09. The molecule has 16 heavy (non-hydrogen) atoms. The van der Waals surface area contributed by atoms with E-state index in [0.717, 1.165) is 29.2 Å². The predicted octanol–water partition coefficient (Wildman–Crippen LogP) is 2.28. The van der Waals surface area contributed by atoms with Crippen LogP contribution in [0.1, 0.15) is 10.6 Å². The Kier molecular flexibility index (Phi) is 3.64. The Balaban J connectivity index is 2.24. The minimum Gasteiger partial charge on any atom is -0.319 e. The van der Waals surface area contributed by atoms with Crippen molar-refractivity contribution >= 4 is 11.3 Å². The Morgan fingerprint density at radius 2 is 2.31 bits per heavy atom. The number of pyridine rings is 1. The van der Waals surface area contributed by atoms with Crippen molar-refractivity contribution in [2.24, 2.45) is 0 Å². The second-order valence-electron chi connectivity index (χ2n) is 3.62. The van der Waals surface area contributed by atoms with Gasteiger partial charge in [0.25, 0.3) is 0 Å². The molecule has 0 radical (unpaired) electrons. The second-order valence-corrected chi connectivity index (χ2v) is 4.71. The quantitative estimate of drug-likeness (QED) is 0.880. The van der Waals surface area contributed by atoms with Crippen LogP contribution in [0, 0.1) is 6.92 Å².